The van der Waals surface area contributed by atoms with E-state index in [2.05, 4.69) is 10.1 Å². The van der Waals surface area contributed by atoms with Crippen LogP contribution in [-0.2, 0) is 27.8 Å². The highest BCUT2D eigenvalue weighted by Gasteiger charge is 2.21. The second-order valence-electron chi connectivity index (χ2n) is 5.50. The van der Waals surface area contributed by atoms with Crippen LogP contribution in [0, 0.1) is 10.1 Å². The summed E-state index contributed by atoms with van der Waals surface area (Å²) in [5.74, 6) is -0.207. The molecule has 0 aliphatic carbocycles. The minimum absolute atomic E-state index is 0.0223. The minimum Gasteiger partial charge on any atom is -0.490 e. The van der Waals surface area contributed by atoms with Crippen molar-refractivity contribution < 1.29 is 22.6 Å². The zero-order valence-corrected chi connectivity index (χ0v) is 14.8. The molecule has 0 N–H and O–H groups in total. The van der Waals surface area contributed by atoms with Gasteiger partial charge in [-0.05, 0) is 18.1 Å². The van der Waals surface area contributed by atoms with Gasteiger partial charge in [0.05, 0.1) is 17.8 Å². The summed E-state index contributed by atoms with van der Waals surface area (Å²) < 4.78 is 34.5. The van der Waals surface area contributed by atoms with Crippen molar-refractivity contribution in [3.05, 3.63) is 45.6 Å². The fourth-order valence-corrected chi connectivity index (χ4v) is 3.53. The molecule has 9 nitrogen and oxygen atoms in total. The molecule has 1 heterocycles. The normalized spacial score (nSPS) is 11.4. The number of aryl methyl sites for hydroxylation is 1. The van der Waals surface area contributed by atoms with Crippen molar-refractivity contribution in [2.45, 2.75) is 37.7 Å². The first-order chi connectivity index (χ1) is 11.8. The van der Waals surface area contributed by atoms with Crippen LogP contribution in [0.1, 0.15) is 37.0 Å². The lowest BCUT2D eigenvalue weighted by atomic mass is 10.2. The fraction of sp³-hybridized carbons (Fsp3) is 0.467. The third-order valence-corrected chi connectivity index (χ3v) is 4.89. The van der Waals surface area contributed by atoms with E-state index in [1.54, 1.807) is 0 Å². The van der Waals surface area contributed by atoms with E-state index in [0.29, 0.717) is 17.8 Å². The first-order valence-electron chi connectivity index (χ1n) is 7.68. The van der Waals surface area contributed by atoms with Gasteiger partial charge in [0.1, 0.15) is 5.75 Å². The molecule has 0 atom stereocenters. The standard InChI is InChI=1S/C15H19N3O6S/c1-3-4-5-14-16-15(24-17-14)10-25(21,22)9-11-6-7-13(23-2)12(8-11)18(19)20/h6-8H,3-5,9-10H2,1-2H3. The van der Waals surface area contributed by atoms with Crippen molar-refractivity contribution >= 4 is 15.5 Å². The maximum atomic E-state index is 12.3. The van der Waals surface area contributed by atoms with Crippen molar-refractivity contribution in [2.24, 2.45) is 0 Å². The van der Waals surface area contributed by atoms with Gasteiger partial charge < -0.3 is 9.26 Å². The van der Waals surface area contributed by atoms with Crippen LogP contribution >= 0.6 is 0 Å². The lowest BCUT2D eigenvalue weighted by molar-refractivity contribution is -0.385. The van der Waals surface area contributed by atoms with E-state index in [4.69, 9.17) is 9.26 Å². The molecule has 0 saturated carbocycles. The van der Waals surface area contributed by atoms with Crippen molar-refractivity contribution in [3.8, 4) is 5.75 Å². The molecule has 0 bridgehead atoms. The molecule has 1 aromatic heterocycles. The number of nitro benzene ring substituents is 1. The van der Waals surface area contributed by atoms with Crippen LogP contribution in [0.3, 0.4) is 0 Å². The first kappa shape index (κ1) is 18.8. The number of ether oxygens (including phenoxy) is 1. The van der Waals surface area contributed by atoms with Crippen LogP contribution in [0.2, 0.25) is 0 Å². The van der Waals surface area contributed by atoms with Gasteiger partial charge in [0.2, 0.25) is 5.89 Å². The Labute approximate surface area is 145 Å². The Bertz CT molecular complexity index is 847. The van der Waals surface area contributed by atoms with Gasteiger partial charge in [-0.25, -0.2) is 8.42 Å². The number of unbranched alkanes of at least 4 members (excludes halogenated alkanes) is 1. The van der Waals surface area contributed by atoms with E-state index in [-0.39, 0.29) is 23.1 Å². The molecular weight excluding hydrogens is 350 g/mol. The van der Waals surface area contributed by atoms with Crippen LogP contribution in [0.15, 0.2) is 22.7 Å². The van der Waals surface area contributed by atoms with Gasteiger partial charge in [-0.2, -0.15) is 4.98 Å². The minimum atomic E-state index is -3.62. The monoisotopic (exact) mass is 369 g/mol. The van der Waals surface area contributed by atoms with E-state index in [0.717, 1.165) is 12.8 Å². The van der Waals surface area contributed by atoms with Crippen LogP contribution in [0.4, 0.5) is 5.69 Å². The van der Waals surface area contributed by atoms with Gasteiger partial charge in [-0.1, -0.05) is 24.6 Å². The molecule has 1 aromatic carbocycles. The molecule has 0 aliphatic rings. The summed E-state index contributed by atoms with van der Waals surface area (Å²) in [6.45, 7) is 2.03. The molecule has 0 spiro atoms. The zero-order valence-electron chi connectivity index (χ0n) is 14.0. The lowest BCUT2D eigenvalue weighted by Crippen LogP contribution is -2.08. The third kappa shape index (κ3) is 5.24. The van der Waals surface area contributed by atoms with Crippen LogP contribution < -0.4 is 4.74 Å². The summed E-state index contributed by atoms with van der Waals surface area (Å²) >= 11 is 0. The van der Waals surface area contributed by atoms with Crippen molar-refractivity contribution in [1.29, 1.82) is 0 Å². The SMILES string of the molecule is CCCCc1noc(CS(=O)(=O)Cc2ccc(OC)c([N+](=O)[O-])c2)n1. The van der Waals surface area contributed by atoms with E-state index >= 15 is 0 Å². The molecule has 0 radical (unpaired) electrons. The third-order valence-electron chi connectivity index (χ3n) is 3.43. The average molecular weight is 369 g/mol. The molecule has 0 unspecified atom stereocenters. The van der Waals surface area contributed by atoms with E-state index in [1.807, 2.05) is 6.92 Å². The molecule has 0 saturated heterocycles. The molecule has 2 rings (SSSR count). The van der Waals surface area contributed by atoms with Gasteiger partial charge in [0.25, 0.3) is 0 Å². The second-order valence-corrected chi connectivity index (χ2v) is 7.57. The van der Waals surface area contributed by atoms with Crippen LogP contribution in [-0.4, -0.2) is 30.6 Å². The molecule has 0 amide bonds. The van der Waals surface area contributed by atoms with Crippen molar-refractivity contribution in [2.75, 3.05) is 7.11 Å². The van der Waals surface area contributed by atoms with E-state index in [9.17, 15) is 18.5 Å². The lowest BCUT2D eigenvalue weighted by Gasteiger charge is -2.05. The number of hydrogen-bond donors (Lipinski definition) is 0. The summed E-state index contributed by atoms with van der Waals surface area (Å²) in [5, 5.41) is 14.8. The smallest absolute Gasteiger partial charge is 0.311 e. The Hall–Kier alpha value is -2.49. The van der Waals surface area contributed by atoms with Gasteiger partial charge >= 0.3 is 5.69 Å². The number of nitrogens with zero attached hydrogens (tertiary/aromatic N) is 3. The molecule has 25 heavy (non-hydrogen) atoms. The number of hydrogen-bond acceptors (Lipinski definition) is 8. The summed E-state index contributed by atoms with van der Waals surface area (Å²) in [4.78, 5) is 14.5. The molecule has 2 aromatic rings. The summed E-state index contributed by atoms with van der Waals surface area (Å²) in [6.07, 6.45) is 2.49. The Morgan fingerprint density at radius 1 is 1.32 bits per heavy atom. The largest absolute Gasteiger partial charge is 0.490 e. The van der Waals surface area contributed by atoms with E-state index in [1.165, 1.54) is 25.3 Å². The van der Waals surface area contributed by atoms with E-state index < -0.39 is 20.5 Å². The highest BCUT2D eigenvalue weighted by atomic mass is 32.2. The summed E-state index contributed by atoms with van der Waals surface area (Å²) in [5.41, 5.74) is 0.00747. The maximum absolute atomic E-state index is 12.3. The van der Waals surface area contributed by atoms with Crippen LogP contribution in [0.25, 0.3) is 0 Å². The summed E-state index contributed by atoms with van der Waals surface area (Å²) in [7, 11) is -2.31. The highest BCUT2D eigenvalue weighted by Crippen LogP contribution is 2.28. The predicted molar refractivity (Wildman–Crippen MR) is 88.9 cm³/mol. The number of aromatic nitrogens is 2. The Morgan fingerprint density at radius 3 is 2.72 bits per heavy atom. The van der Waals surface area contributed by atoms with Crippen molar-refractivity contribution in [3.63, 3.8) is 0 Å². The molecule has 136 valence electrons. The Balaban J connectivity index is 2.12. The Morgan fingerprint density at radius 2 is 2.08 bits per heavy atom. The number of sulfone groups is 1. The quantitative estimate of drug-likeness (QED) is 0.487. The van der Waals surface area contributed by atoms with Gasteiger partial charge in [-0.15, -0.1) is 0 Å². The highest BCUT2D eigenvalue weighted by molar-refractivity contribution is 7.89. The first-order valence-corrected chi connectivity index (χ1v) is 9.50. The number of rotatable bonds is 9. The van der Waals surface area contributed by atoms with Gasteiger partial charge in [0.15, 0.2) is 21.4 Å². The predicted octanol–water partition coefficient (Wildman–Crippen LogP) is 2.44. The topological polar surface area (TPSA) is 125 Å². The molecular formula is C15H19N3O6S. The Kier molecular flexibility index (Phi) is 6.07. The number of methoxy groups -OCH3 is 1. The maximum Gasteiger partial charge on any atom is 0.311 e. The van der Waals surface area contributed by atoms with Crippen LogP contribution in [0.5, 0.6) is 5.75 Å². The number of nitro groups is 1. The average Bonchev–Trinajstić information content (AvgIpc) is 2.98. The molecule has 0 aliphatic heterocycles. The van der Waals surface area contributed by atoms with Gasteiger partial charge in [-0.3, -0.25) is 10.1 Å². The zero-order chi connectivity index (χ0) is 18.4. The molecule has 10 heteroatoms. The molecule has 0 fully saturated rings. The fourth-order valence-electron chi connectivity index (χ4n) is 2.25. The summed E-state index contributed by atoms with van der Waals surface area (Å²) in [6, 6.07) is 4.04. The van der Waals surface area contributed by atoms with Gasteiger partial charge in [0, 0.05) is 12.5 Å². The van der Waals surface area contributed by atoms with Crippen molar-refractivity contribution in [1.82, 2.24) is 10.1 Å². The second kappa shape index (κ2) is 8.06. The number of benzene rings is 1.